The first kappa shape index (κ1) is 14.4. The minimum absolute atomic E-state index is 0.0174. The summed E-state index contributed by atoms with van der Waals surface area (Å²) in [5.41, 5.74) is -0.115. The molecule has 1 amide bonds. The Morgan fingerprint density at radius 2 is 2.21 bits per heavy atom. The van der Waals surface area contributed by atoms with Crippen molar-refractivity contribution in [2.45, 2.75) is 76.4 Å². The second-order valence-electron chi connectivity index (χ2n) is 5.97. The molecule has 1 unspecified atom stereocenters. The molecule has 0 aromatic rings. The molecule has 1 saturated carbocycles. The van der Waals surface area contributed by atoms with Crippen LogP contribution in [0.15, 0.2) is 0 Å². The van der Waals surface area contributed by atoms with Gasteiger partial charge in [-0.3, -0.25) is 9.59 Å². The molecule has 4 heteroatoms. The molecule has 0 aromatic carbocycles. The van der Waals surface area contributed by atoms with E-state index in [0.717, 1.165) is 51.4 Å². The van der Waals surface area contributed by atoms with E-state index >= 15 is 0 Å². The number of hydrogen-bond donors (Lipinski definition) is 1. The predicted molar refractivity (Wildman–Crippen MR) is 72.5 cm³/mol. The Labute approximate surface area is 115 Å². The predicted octanol–water partition coefficient (Wildman–Crippen LogP) is 2.56. The summed E-state index contributed by atoms with van der Waals surface area (Å²) in [6.45, 7) is 2.75. The third-order valence-corrected chi connectivity index (χ3v) is 4.78. The molecule has 1 saturated heterocycles. The molecule has 2 rings (SSSR count). The van der Waals surface area contributed by atoms with Crippen LogP contribution in [0, 0.1) is 5.92 Å². The van der Waals surface area contributed by atoms with Gasteiger partial charge in [-0.05, 0) is 38.5 Å². The Bertz CT molecular complexity index is 327. The van der Waals surface area contributed by atoms with Crippen molar-refractivity contribution in [1.29, 1.82) is 0 Å². The monoisotopic (exact) mass is 267 g/mol. The minimum Gasteiger partial charge on any atom is -0.464 e. The van der Waals surface area contributed by atoms with Gasteiger partial charge in [0, 0.05) is 17.9 Å². The van der Waals surface area contributed by atoms with Crippen LogP contribution in [0.4, 0.5) is 0 Å². The zero-order chi connectivity index (χ0) is 13.7. The average Bonchev–Trinajstić information content (AvgIpc) is 2.38. The van der Waals surface area contributed by atoms with Crippen LogP contribution in [0.25, 0.3) is 0 Å². The average molecular weight is 267 g/mol. The summed E-state index contributed by atoms with van der Waals surface area (Å²) in [6, 6.07) is 0. The van der Waals surface area contributed by atoms with Gasteiger partial charge >= 0.3 is 0 Å². The minimum atomic E-state index is -0.115. The van der Waals surface area contributed by atoms with Crippen molar-refractivity contribution in [2.24, 2.45) is 5.92 Å². The normalized spacial score (nSPS) is 34.9. The van der Waals surface area contributed by atoms with Crippen LogP contribution < -0.4 is 5.32 Å². The largest absolute Gasteiger partial charge is 0.464 e. The summed E-state index contributed by atoms with van der Waals surface area (Å²) in [5, 5.41) is 3.24. The number of ether oxygens (including phenoxy) is 1. The van der Waals surface area contributed by atoms with Crippen LogP contribution in [0.3, 0.4) is 0 Å². The molecule has 19 heavy (non-hydrogen) atoms. The van der Waals surface area contributed by atoms with Crippen molar-refractivity contribution in [2.75, 3.05) is 0 Å². The summed E-state index contributed by atoms with van der Waals surface area (Å²) in [6.07, 6.45) is 8.91. The summed E-state index contributed by atoms with van der Waals surface area (Å²) in [5.74, 6) is 0.454. The topological polar surface area (TPSA) is 55.4 Å². The summed E-state index contributed by atoms with van der Waals surface area (Å²) < 4.78 is 5.32. The lowest BCUT2D eigenvalue weighted by Gasteiger charge is -2.50. The van der Waals surface area contributed by atoms with E-state index in [9.17, 15) is 9.59 Å². The molecule has 4 nitrogen and oxygen atoms in total. The first-order valence-corrected chi connectivity index (χ1v) is 7.62. The zero-order valence-electron chi connectivity index (χ0n) is 11.8. The van der Waals surface area contributed by atoms with E-state index in [0.29, 0.717) is 12.9 Å². The van der Waals surface area contributed by atoms with E-state index < -0.39 is 0 Å². The fraction of sp³-hybridized carbons (Fsp3) is 0.867. The second-order valence-corrected chi connectivity index (χ2v) is 5.97. The van der Waals surface area contributed by atoms with Crippen LogP contribution in [-0.4, -0.2) is 24.0 Å². The number of piperidine rings is 1. The summed E-state index contributed by atoms with van der Waals surface area (Å²) >= 11 is 0. The van der Waals surface area contributed by atoms with Gasteiger partial charge in [-0.1, -0.05) is 19.8 Å². The van der Waals surface area contributed by atoms with E-state index in [4.69, 9.17) is 4.74 Å². The summed E-state index contributed by atoms with van der Waals surface area (Å²) in [4.78, 5) is 22.5. The highest BCUT2D eigenvalue weighted by Crippen LogP contribution is 2.43. The lowest BCUT2D eigenvalue weighted by molar-refractivity contribution is -0.144. The van der Waals surface area contributed by atoms with Gasteiger partial charge in [-0.15, -0.1) is 0 Å². The maximum absolute atomic E-state index is 11.8. The van der Waals surface area contributed by atoms with Gasteiger partial charge in [0.2, 0.25) is 5.91 Å². The van der Waals surface area contributed by atoms with Gasteiger partial charge in [0.05, 0.1) is 0 Å². The highest BCUT2D eigenvalue weighted by molar-refractivity contribution is 5.77. The van der Waals surface area contributed by atoms with Crippen LogP contribution in [-0.2, 0) is 14.3 Å². The number of nitrogens with one attached hydrogen (secondary N) is 1. The molecular formula is C15H25NO3. The molecule has 1 N–H and O–H groups in total. The van der Waals surface area contributed by atoms with Crippen LogP contribution in [0.1, 0.15) is 64.7 Å². The van der Waals surface area contributed by atoms with E-state index in [-0.39, 0.29) is 23.5 Å². The van der Waals surface area contributed by atoms with E-state index in [1.807, 2.05) is 0 Å². The molecular weight excluding hydrogens is 242 g/mol. The molecule has 2 fully saturated rings. The Kier molecular flexibility index (Phi) is 4.83. The molecule has 0 bridgehead atoms. The molecule has 0 aromatic heterocycles. The van der Waals surface area contributed by atoms with E-state index in [2.05, 4.69) is 12.2 Å². The van der Waals surface area contributed by atoms with E-state index in [1.54, 1.807) is 0 Å². The molecule has 1 heterocycles. The third-order valence-electron chi connectivity index (χ3n) is 4.78. The van der Waals surface area contributed by atoms with Gasteiger partial charge in [0.15, 0.2) is 0 Å². The van der Waals surface area contributed by atoms with Crippen molar-refractivity contribution in [3.8, 4) is 0 Å². The molecule has 3 atom stereocenters. The number of carbonyl (C=O) groups is 2. The van der Waals surface area contributed by atoms with E-state index in [1.165, 1.54) is 0 Å². The molecule has 1 aliphatic heterocycles. The van der Waals surface area contributed by atoms with Crippen molar-refractivity contribution < 1.29 is 14.3 Å². The fourth-order valence-corrected chi connectivity index (χ4v) is 3.91. The maximum atomic E-state index is 11.8. The van der Waals surface area contributed by atoms with Crippen molar-refractivity contribution >= 4 is 12.4 Å². The van der Waals surface area contributed by atoms with Gasteiger partial charge in [0.1, 0.15) is 6.10 Å². The van der Waals surface area contributed by atoms with Gasteiger partial charge in [0.25, 0.3) is 6.47 Å². The quantitative estimate of drug-likeness (QED) is 0.779. The van der Waals surface area contributed by atoms with Gasteiger partial charge in [-0.2, -0.15) is 0 Å². The maximum Gasteiger partial charge on any atom is 0.293 e. The molecule has 1 spiro atoms. The Morgan fingerprint density at radius 3 is 2.89 bits per heavy atom. The van der Waals surface area contributed by atoms with Gasteiger partial charge < -0.3 is 10.1 Å². The molecule has 0 radical (unpaired) electrons. The second kappa shape index (κ2) is 6.40. The molecule has 108 valence electrons. The van der Waals surface area contributed by atoms with Crippen LogP contribution in [0.5, 0.6) is 0 Å². The number of hydrogen-bond acceptors (Lipinski definition) is 3. The number of unbranched alkanes of at least 4 members (excludes halogenated alkanes) is 1. The fourth-order valence-electron chi connectivity index (χ4n) is 3.91. The number of carbonyl (C=O) groups excluding carboxylic acids is 2. The van der Waals surface area contributed by atoms with Gasteiger partial charge in [-0.25, -0.2) is 0 Å². The SMILES string of the molecule is CCCC[C@@H]1[C@@H](OC=O)CCCC12CCCC(=O)N2. The summed E-state index contributed by atoms with van der Waals surface area (Å²) in [7, 11) is 0. The number of rotatable bonds is 5. The highest BCUT2D eigenvalue weighted by atomic mass is 16.5. The molecule has 1 aliphatic carbocycles. The first-order chi connectivity index (χ1) is 9.22. The lowest BCUT2D eigenvalue weighted by atomic mass is 9.65. The number of amides is 1. The standard InChI is InChI=1S/C15H25NO3/c1-2-3-6-12-13(19-11-17)7-4-9-15(12)10-5-8-14(18)16-15/h11-13H,2-10H2,1H3,(H,16,18)/t12-,13+,15?/m1/s1. The Balaban J connectivity index is 2.16. The lowest BCUT2D eigenvalue weighted by Crippen LogP contribution is -2.61. The first-order valence-electron chi connectivity index (χ1n) is 7.62. The zero-order valence-corrected chi connectivity index (χ0v) is 11.8. The van der Waals surface area contributed by atoms with Crippen LogP contribution in [0.2, 0.25) is 0 Å². The Morgan fingerprint density at radius 1 is 1.42 bits per heavy atom. The van der Waals surface area contributed by atoms with Crippen LogP contribution >= 0.6 is 0 Å². The third kappa shape index (κ3) is 3.10. The highest BCUT2D eigenvalue weighted by Gasteiger charge is 2.48. The van der Waals surface area contributed by atoms with Crippen molar-refractivity contribution in [3.05, 3.63) is 0 Å². The Hall–Kier alpha value is -1.06. The van der Waals surface area contributed by atoms with Crippen molar-refractivity contribution in [3.63, 3.8) is 0 Å². The smallest absolute Gasteiger partial charge is 0.293 e. The molecule has 2 aliphatic rings. The van der Waals surface area contributed by atoms with Crippen molar-refractivity contribution in [1.82, 2.24) is 5.32 Å².